The largest absolute Gasteiger partial charge is 0.481 e. The Bertz CT molecular complexity index is 905. The maximum absolute atomic E-state index is 10.7. The molecule has 0 atom stereocenters. The van der Waals surface area contributed by atoms with Crippen LogP contribution in [0.1, 0.15) is 5.56 Å². The summed E-state index contributed by atoms with van der Waals surface area (Å²) in [5, 5.41) is 13.5. The molecule has 0 spiro atoms. The third-order valence-corrected chi connectivity index (χ3v) is 3.69. The number of pyridine rings is 1. The first-order valence-corrected chi connectivity index (χ1v) is 7.27. The number of carboxylic acid groups (broad SMARTS) is 1. The van der Waals surface area contributed by atoms with Crippen molar-refractivity contribution in [1.82, 2.24) is 14.8 Å². The molecule has 0 saturated carbocycles. The molecule has 2 heterocycles. The lowest BCUT2D eigenvalue weighted by molar-refractivity contribution is -0.139. The SMILES string of the molecule is Cc1cc(-c2cc(Cl)ccc2OCC(=O)O)nc2cnn(C)c12. The number of fused-ring (bicyclic) bond motifs is 1. The summed E-state index contributed by atoms with van der Waals surface area (Å²) in [5.74, 6) is -0.621. The summed E-state index contributed by atoms with van der Waals surface area (Å²) in [6.07, 6.45) is 1.69. The van der Waals surface area contributed by atoms with E-state index in [0.717, 1.165) is 16.6 Å². The van der Waals surface area contributed by atoms with E-state index in [0.29, 0.717) is 22.0 Å². The van der Waals surface area contributed by atoms with Crippen LogP contribution in [-0.4, -0.2) is 32.4 Å². The second-order valence-electron chi connectivity index (χ2n) is 5.15. The fraction of sp³-hybridized carbons (Fsp3) is 0.188. The predicted octanol–water partition coefficient (Wildman–Crippen LogP) is 3.06. The number of benzene rings is 1. The van der Waals surface area contributed by atoms with Crippen molar-refractivity contribution in [2.75, 3.05) is 6.61 Å². The maximum atomic E-state index is 10.7. The average Bonchev–Trinajstić information content (AvgIpc) is 2.87. The lowest BCUT2D eigenvalue weighted by Crippen LogP contribution is -2.10. The van der Waals surface area contributed by atoms with E-state index >= 15 is 0 Å². The molecular weight excluding hydrogens is 318 g/mol. The highest BCUT2D eigenvalue weighted by atomic mass is 35.5. The van der Waals surface area contributed by atoms with Crippen LogP contribution < -0.4 is 4.74 Å². The zero-order valence-electron chi connectivity index (χ0n) is 12.6. The first-order chi connectivity index (χ1) is 11.0. The fourth-order valence-electron chi connectivity index (χ4n) is 2.51. The third-order valence-electron chi connectivity index (χ3n) is 3.46. The lowest BCUT2D eigenvalue weighted by Gasteiger charge is -2.11. The van der Waals surface area contributed by atoms with Crippen molar-refractivity contribution in [3.63, 3.8) is 0 Å². The van der Waals surface area contributed by atoms with Crippen LogP contribution in [0.5, 0.6) is 5.75 Å². The van der Waals surface area contributed by atoms with E-state index in [-0.39, 0.29) is 0 Å². The minimum atomic E-state index is -1.04. The number of aryl methyl sites for hydroxylation is 2. The summed E-state index contributed by atoms with van der Waals surface area (Å²) in [4.78, 5) is 15.3. The van der Waals surface area contributed by atoms with Gasteiger partial charge in [-0.15, -0.1) is 0 Å². The third kappa shape index (κ3) is 2.98. The number of carbonyl (C=O) groups is 1. The molecule has 0 aliphatic heterocycles. The predicted molar refractivity (Wildman–Crippen MR) is 86.8 cm³/mol. The average molecular weight is 332 g/mol. The Morgan fingerprint density at radius 2 is 2.17 bits per heavy atom. The zero-order valence-corrected chi connectivity index (χ0v) is 13.3. The molecule has 0 fully saturated rings. The maximum Gasteiger partial charge on any atom is 0.341 e. The number of halogens is 1. The van der Waals surface area contributed by atoms with Crippen LogP contribution in [0, 0.1) is 6.92 Å². The second kappa shape index (κ2) is 5.89. The highest BCUT2D eigenvalue weighted by molar-refractivity contribution is 6.31. The molecule has 0 amide bonds. The number of carboxylic acids is 1. The lowest BCUT2D eigenvalue weighted by atomic mass is 10.1. The molecule has 3 aromatic rings. The molecule has 0 aliphatic carbocycles. The normalized spacial score (nSPS) is 10.9. The quantitative estimate of drug-likeness (QED) is 0.795. The van der Waals surface area contributed by atoms with Gasteiger partial charge < -0.3 is 9.84 Å². The van der Waals surface area contributed by atoms with Crippen molar-refractivity contribution in [2.45, 2.75) is 6.92 Å². The van der Waals surface area contributed by atoms with Gasteiger partial charge in [-0.25, -0.2) is 9.78 Å². The fourth-order valence-corrected chi connectivity index (χ4v) is 2.68. The van der Waals surface area contributed by atoms with Crippen LogP contribution >= 0.6 is 11.6 Å². The number of aromatic nitrogens is 3. The van der Waals surface area contributed by atoms with Gasteiger partial charge in [-0.05, 0) is 36.8 Å². The number of hydrogen-bond acceptors (Lipinski definition) is 4. The number of aliphatic carboxylic acids is 1. The van der Waals surface area contributed by atoms with Crippen molar-refractivity contribution in [1.29, 1.82) is 0 Å². The summed E-state index contributed by atoms with van der Waals surface area (Å²) >= 11 is 6.08. The van der Waals surface area contributed by atoms with Crippen LogP contribution in [0.3, 0.4) is 0 Å². The van der Waals surface area contributed by atoms with Crippen molar-refractivity contribution in [2.24, 2.45) is 7.05 Å². The van der Waals surface area contributed by atoms with Gasteiger partial charge in [0.2, 0.25) is 0 Å². The zero-order chi connectivity index (χ0) is 16.6. The molecule has 2 aromatic heterocycles. The standard InChI is InChI=1S/C16H14ClN3O3/c1-9-5-12(19-13-7-18-20(2)16(9)13)11-6-10(17)3-4-14(11)23-8-15(21)22/h3-7H,8H2,1-2H3,(H,21,22). The van der Waals surface area contributed by atoms with Crippen LogP contribution in [0.4, 0.5) is 0 Å². The Morgan fingerprint density at radius 1 is 1.39 bits per heavy atom. The summed E-state index contributed by atoms with van der Waals surface area (Å²) < 4.78 is 7.11. The van der Waals surface area contributed by atoms with Gasteiger partial charge in [0.05, 0.1) is 17.4 Å². The van der Waals surface area contributed by atoms with E-state index in [4.69, 9.17) is 21.4 Å². The molecule has 1 aromatic carbocycles. The highest BCUT2D eigenvalue weighted by Crippen LogP contribution is 2.33. The molecule has 1 N–H and O–H groups in total. The van der Waals surface area contributed by atoms with Crippen molar-refractivity contribution in [3.05, 3.63) is 41.0 Å². The Labute approximate surface area is 137 Å². The van der Waals surface area contributed by atoms with E-state index in [2.05, 4.69) is 10.1 Å². The highest BCUT2D eigenvalue weighted by Gasteiger charge is 2.14. The van der Waals surface area contributed by atoms with E-state index in [1.165, 1.54) is 0 Å². The number of ether oxygens (including phenoxy) is 1. The van der Waals surface area contributed by atoms with Gasteiger partial charge >= 0.3 is 5.97 Å². The second-order valence-corrected chi connectivity index (χ2v) is 5.59. The van der Waals surface area contributed by atoms with E-state index in [1.807, 2.05) is 20.0 Å². The molecule has 3 rings (SSSR count). The van der Waals surface area contributed by atoms with Gasteiger partial charge in [0.25, 0.3) is 0 Å². The van der Waals surface area contributed by atoms with Gasteiger partial charge in [0, 0.05) is 17.6 Å². The molecule has 23 heavy (non-hydrogen) atoms. The molecule has 6 nitrogen and oxygen atoms in total. The number of hydrogen-bond donors (Lipinski definition) is 1. The topological polar surface area (TPSA) is 77.2 Å². The summed E-state index contributed by atoms with van der Waals surface area (Å²) in [7, 11) is 1.86. The van der Waals surface area contributed by atoms with Crippen molar-refractivity contribution < 1.29 is 14.6 Å². The molecule has 0 aliphatic rings. The Morgan fingerprint density at radius 3 is 2.91 bits per heavy atom. The minimum absolute atomic E-state index is 0.423. The van der Waals surface area contributed by atoms with Crippen LogP contribution in [0.2, 0.25) is 5.02 Å². The Hall–Kier alpha value is -2.60. The monoisotopic (exact) mass is 331 g/mol. The smallest absolute Gasteiger partial charge is 0.341 e. The van der Waals surface area contributed by atoms with Crippen LogP contribution in [0.25, 0.3) is 22.3 Å². The molecule has 0 unspecified atom stereocenters. The Kier molecular flexibility index (Phi) is 3.92. The molecule has 0 saturated heterocycles. The minimum Gasteiger partial charge on any atom is -0.481 e. The van der Waals surface area contributed by atoms with E-state index in [9.17, 15) is 4.79 Å². The number of nitrogens with zero attached hydrogens (tertiary/aromatic N) is 3. The molecule has 7 heteroatoms. The number of rotatable bonds is 4. The van der Waals surface area contributed by atoms with E-state index in [1.54, 1.807) is 29.1 Å². The van der Waals surface area contributed by atoms with E-state index < -0.39 is 12.6 Å². The Balaban J connectivity index is 2.13. The van der Waals surface area contributed by atoms with Gasteiger partial charge in [0.1, 0.15) is 11.3 Å². The first kappa shape index (κ1) is 15.3. The molecular formula is C16H14ClN3O3. The van der Waals surface area contributed by atoms with Gasteiger partial charge in [-0.2, -0.15) is 5.10 Å². The van der Waals surface area contributed by atoms with Crippen LogP contribution in [-0.2, 0) is 11.8 Å². The van der Waals surface area contributed by atoms with Gasteiger partial charge in [-0.3, -0.25) is 4.68 Å². The molecule has 0 radical (unpaired) electrons. The van der Waals surface area contributed by atoms with Gasteiger partial charge in [0.15, 0.2) is 6.61 Å². The first-order valence-electron chi connectivity index (χ1n) is 6.89. The molecule has 118 valence electrons. The van der Waals surface area contributed by atoms with Crippen LogP contribution in [0.15, 0.2) is 30.5 Å². The molecule has 0 bridgehead atoms. The van der Waals surface area contributed by atoms with Crippen molar-refractivity contribution >= 4 is 28.6 Å². The summed E-state index contributed by atoms with van der Waals surface area (Å²) in [5.41, 5.74) is 4.02. The van der Waals surface area contributed by atoms with Crippen molar-refractivity contribution in [3.8, 4) is 17.0 Å². The summed E-state index contributed by atoms with van der Waals surface area (Å²) in [6, 6.07) is 6.91. The van der Waals surface area contributed by atoms with Gasteiger partial charge in [-0.1, -0.05) is 11.6 Å². The summed E-state index contributed by atoms with van der Waals surface area (Å²) in [6.45, 7) is 1.54.